The highest BCUT2D eigenvalue weighted by molar-refractivity contribution is 5.49. The maximum Gasteiger partial charge on any atom is 0.136 e. The predicted molar refractivity (Wildman–Crippen MR) is 53.0 cm³/mol. The van der Waals surface area contributed by atoms with Gasteiger partial charge in [0.25, 0.3) is 0 Å². The lowest BCUT2D eigenvalue weighted by Crippen LogP contribution is -1.92. The molecule has 1 aromatic carbocycles. The minimum atomic E-state index is 0.0558. The summed E-state index contributed by atoms with van der Waals surface area (Å²) in [6.45, 7) is 1.90. The van der Waals surface area contributed by atoms with E-state index >= 15 is 0 Å². The fourth-order valence-corrected chi connectivity index (χ4v) is 1.37. The van der Waals surface area contributed by atoms with E-state index in [-0.39, 0.29) is 12.4 Å². The SMILES string of the molecule is Cc1cc(CCCO)cc(C#N)c1O. The van der Waals surface area contributed by atoms with E-state index < -0.39 is 0 Å². The second kappa shape index (κ2) is 4.64. The van der Waals surface area contributed by atoms with Crippen LogP contribution in [0.1, 0.15) is 23.1 Å². The van der Waals surface area contributed by atoms with Crippen LogP contribution in [0.2, 0.25) is 0 Å². The highest BCUT2D eigenvalue weighted by atomic mass is 16.3. The van der Waals surface area contributed by atoms with Crippen LogP contribution in [0.3, 0.4) is 0 Å². The molecule has 0 spiro atoms. The van der Waals surface area contributed by atoms with Gasteiger partial charge in [0.2, 0.25) is 0 Å². The molecule has 0 aliphatic rings. The number of aliphatic hydroxyl groups is 1. The van der Waals surface area contributed by atoms with Crippen molar-refractivity contribution in [3.05, 3.63) is 28.8 Å². The zero-order chi connectivity index (χ0) is 10.6. The van der Waals surface area contributed by atoms with Crippen LogP contribution < -0.4 is 0 Å². The molecule has 0 fully saturated rings. The number of aromatic hydroxyl groups is 1. The van der Waals surface area contributed by atoms with E-state index in [0.717, 1.165) is 12.0 Å². The highest BCUT2D eigenvalue weighted by Gasteiger charge is 2.05. The molecule has 0 amide bonds. The molecule has 0 bridgehead atoms. The number of aliphatic hydroxyl groups excluding tert-OH is 1. The predicted octanol–water partition coefficient (Wildman–Crippen LogP) is 1.50. The van der Waals surface area contributed by atoms with Gasteiger partial charge in [-0.2, -0.15) is 5.26 Å². The zero-order valence-electron chi connectivity index (χ0n) is 8.12. The molecule has 3 nitrogen and oxygen atoms in total. The van der Waals surface area contributed by atoms with Crippen molar-refractivity contribution >= 4 is 0 Å². The number of nitrogens with zero attached hydrogens (tertiary/aromatic N) is 1. The van der Waals surface area contributed by atoms with E-state index in [1.165, 1.54) is 0 Å². The van der Waals surface area contributed by atoms with E-state index in [2.05, 4.69) is 0 Å². The Bertz CT molecular complexity index is 366. The maximum atomic E-state index is 9.48. The van der Waals surface area contributed by atoms with Gasteiger partial charge < -0.3 is 10.2 Å². The van der Waals surface area contributed by atoms with Crippen molar-refractivity contribution in [1.82, 2.24) is 0 Å². The third kappa shape index (κ3) is 2.24. The minimum Gasteiger partial charge on any atom is -0.506 e. The smallest absolute Gasteiger partial charge is 0.136 e. The standard InChI is InChI=1S/C11H13NO2/c1-8-5-9(3-2-4-13)6-10(7-12)11(8)14/h5-6,13-14H,2-4H2,1H3. The van der Waals surface area contributed by atoms with Crippen molar-refractivity contribution in [2.75, 3.05) is 6.61 Å². The van der Waals surface area contributed by atoms with Crippen LogP contribution >= 0.6 is 0 Å². The first kappa shape index (κ1) is 10.6. The Morgan fingerprint density at radius 1 is 1.43 bits per heavy atom. The van der Waals surface area contributed by atoms with E-state index in [1.807, 2.05) is 12.1 Å². The normalized spacial score (nSPS) is 9.79. The van der Waals surface area contributed by atoms with E-state index in [9.17, 15) is 5.11 Å². The summed E-state index contributed by atoms with van der Waals surface area (Å²) in [5.74, 6) is 0.0558. The number of hydrogen-bond donors (Lipinski definition) is 2. The van der Waals surface area contributed by atoms with Gasteiger partial charge in [-0.3, -0.25) is 0 Å². The Labute approximate surface area is 83.2 Å². The van der Waals surface area contributed by atoms with E-state index in [0.29, 0.717) is 17.5 Å². The summed E-state index contributed by atoms with van der Waals surface area (Å²) >= 11 is 0. The third-order valence-corrected chi connectivity index (χ3v) is 2.10. The first-order valence-electron chi connectivity index (χ1n) is 4.52. The number of aryl methyl sites for hydroxylation is 2. The van der Waals surface area contributed by atoms with Crippen molar-refractivity contribution in [1.29, 1.82) is 5.26 Å². The fourth-order valence-electron chi connectivity index (χ4n) is 1.37. The molecule has 0 saturated carbocycles. The van der Waals surface area contributed by atoms with Crippen LogP contribution in [0, 0.1) is 18.3 Å². The number of phenols is 1. The zero-order valence-corrected chi connectivity index (χ0v) is 8.12. The molecule has 0 aromatic heterocycles. The van der Waals surface area contributed by atoms with E-state index in [4.69, 9.17) is 10.4 Å². The molecule has 14 heavy (non-hydrogen) atoms. The summed E-state index contributed by atoms with van der Waals surface area (Å²) < 4.78 is 0. The van der Waals surface area contributed by atoms with Gasteiger partial charge in [-0.05, 0) is 37.0 Å². The van der Waals surface area contributed by atoms with Crippen LogP contribution in [-0.4, -0.2) is 16.8 Å². The van der Waals surface area contributed by atoms with Crippen LogP contribution in [0.25, 0.3) is 0 Å². The second-order valence-corrected chi connectivity index (χ2v) is 3.25. The Balaban J connectivity index is 2.99. The van der Waals surface area contributed by atoms with Crippen molar-refractivity contribution in [2.45, 2.75) is 19.8 Å². The number of nitriles is 1. The van der Waals surface area contributed by atoms with Crippen LogP contribution in [-0.2, 0) is 6.42 Å². The fraction of sp³-hybridized carbons (Fsp3) is 0.364. The lowest BCUT2D eigenvalue weighted by Gasteiger charge is -2.05. The number of rotatable bonds is 3. The molecule has 74 valence electrons. The Hall–Kier alpha value is -1.53. The largest absolute Gasteiger partial charge is 0.506 e. The Morgan fingerprint density at radius 3 is 2.71 bits per heavy atom. The molecule has 2 N–H and O–H groups in total. The van der Waals surface area contributed by atoms with Gasteiger partial charge in [-0.1, -0.05) is 6.07 Å². The molecule has 1 rings (SSSR count). The summed E-state index contributed by atoms with van der Waals surface area (Å²) in [7, 11) is 0. The van der Waals surface area contributed by atoms with Gasteiger partial charge in [-0.15, -0.1) is 0 Å². The molecule has 0 heterocycles. The minimum absolute atomic E-state index is 0.0558. The van der Waals surface area contributed by atoms with E-state index in [1.54, 1.807) is 13.0 Å². The average Bonchev–Trinajstić information content (AvgIpc) is 2.19. The monoisotopic (exact) mass is 191 g/mol. The van der Waals surface area contributed by atoms with Crippen molar-refractivity contribution in [3.63, 3.8) is 0 Å². The summed E-state index contributed by atoms with van der Waals surface area (Å²) in [5, 5.41) is 26.9. The lowest BCUT2D eigenvalue weighted by molar-refractivity contribution is 0.288. The number of phenolic OH excluding ortho intramolecular Hbond substituents is 1. The highest BCUT2D eigenvalue weighted by Crippen LogP contribution is 2.23. The van der Waals surface area contributed by atoms with Gasteiger partial charge in [0.15, 0.2) is 0 Å². The summed E-state index contributed by atoms with van der Waals surface area (Å²) in [6.07, 6.45) is 1.40. The number of hydrogen-bond acceptors (Lipinski definition) is 3. The van der Waals surface area contributed by atoms with Gasteiger partial charge in [0.05, 0.1) is 5.56 Å². The number of benzene rings is 1. The summed E-state index contributed by atoms with van der Waals surface area (Å²) in [5.41, 5.74) is 1.99. The molecule has 0 saturated heterocycles. The van der Waals surface area contributed by atoms with Crippen LogP contribution in [0.15, 0.2) is 12.1 Å². The lowest BCUT2D eigenvalue weighted by atomic mass is 10.0. The van der Waals surface area contributed by atoms with Crippen molar-refractivity contribution in [3.8, 4) is 11.8 Å². The summed E-state index contributed by atoms with van der Waals surface area (Å²) in [4.78, 5) is 0. The third-order valence-electron chi connectivity index (χ3n) is 2.10. The molecule has 0 atom stereocenters. The second-order valence-electron chi connectivity index (χ2n) is 3.25. The van der Waals surface area contributed by atoms with Crippen LogP contribution in [0.4, 0.5) is 0 Å². The molecule has 3 heteroatoms. The first-order chi connectivity index (χ1) is 6.69. The van der Waals surface area contributed by atoms with Crippen molar-refractivity contribution < 1.29 is 10.2 Å². The van der Waals surface area contributed by atoms with Gasteiger partial charge in [-0.25, -0.2) is 0 Å². The molecule has 1 aromatic rings. The van der Waals surface area contributed by atoms with Crippen molar-refractivity contribution in [2.24, 2.45) is 0 Å². The van der Waals surface area contributed by atoms with Gasteiger partial charge in [0.1, 0.15) is 11.8 Å². The Kier molecular flexibility index (Phi) is 3.49. The molecule has 0 aliphatic carbocycles. The molecule has 0 radical (unpaired) electrons. The quantitative estimate of drug-likeness (QED) is 0.760. The van der Waals surface area contributed by atoms with Crippen LogP contribution in [0.5, 0.6) is 5.75 Å². The van der Waals surface area contributed by atoms with Gasteiger partial charge in [0, 0.05) is 6.61 Å². The molecule has 0 aliphatic heterocycles. The first-order valence-corrected chi connectivity index (χ1v) is 4.52. The molecular formula is C11H13NO2. The topological polar surface area (TPSA) is 64.2 Å². The Morgan fingerprint density at radius 2 is 2.14 bits per heavy atom. The van der Waals surface area contributed by atoms with Gasteiger partial charge >= 0.3 is 0 Å². The summed E-state index contributed by atoms with van der Waals surface area (Å²) in [6, 6.07) is 5.44. The average molecular weight is 191 g/mol. The maximum absolute atomic E-state index is 9.48. The molecule has 0 unspecified atom stereocenters. The molecular weight excluding hydrogens is 178 g/mol.